The third-order valence-corrected chi connectivity index (χ3v) is 5.74. The summed E-state index contributed by atoms with van der Waals surface area (Å²) in [6.07, 6.45) is -1.50. The quantitative estimate of drug-likeness (QED) is 0.232. The molecule has 0 fully saturated rings. The average molecular weight is 487 g/mol. The molecule has 1 aliphatic rings. The Labute approximate surface area is 205 Å². The standard InChI is InChI=1S/C26H21N3O7/c1-15-12-13-20(21(14-15)29(34)35)27-23(30)22(17-8-4-3-5-9-17)36-26(33)16(2)28-24(31)18-10-6-7-11-19(18)25(28)32/h3-14,16,22H,1-2H3,(H,27,30). The molecule has 0 saturated heterocycles. The Morgan fingerprint density at radius 2 is 1.53 bits per heavy atom. The minimum atomic E-state index is -1.50. The van der Waals surface area contributed by atoms with Gasteiger partial charge in [0.15, 0.2) is 0 Å². The Morgan fingerprint density at radius 1 is 0.944 bits per heavy atom. The maximum absolute atomic E-state index is 13.2. The summed E-state index contributed by atoms with van der Waals surface area (Å²) >= 11 is 0. The molecular formula is C26H21N3O7. The van der Waals surface area contributed by atoms with Crippen molar-refractivity contribution in [1.29, 1.82) is 0 Å². The molecule has 0 bridgehead atoms. The van der Waals surface area contributed by atoms with Crippen LogP contribution in [0.3, 0.4) is 0 Å². The number of hydrogen-bond acceptors (Lipinski definition) is 7. The second-order valence-corrected chi connectivity index (χ2v) is 8.20. The number of carbonyl (C=O) groups excluding carboxylic acids is 4. The summed E-state index contributed by atoms with van der Waals surface area (Å²) in [5.41, 5.74) is 0.882. The molecule has 1 N–H and O–H groups in total. The van der Waals surface area contributed by atoms with E-state index in [1.807, 2.05) is 0 Å². The predicted octanol–water partition coefficient (Wildman–Crippen LogP) is 3.81. The zero-order chi connectivity index (χ0) is 26.0. The Hall–Kier alpha value is -4.86. The van der Waals surface area contributed by atoms with Gasteiger partial charge in [0.1, 0.15) is 11.7 Å². The van der Waals surface area contributed by atoms with Crippen LogP contribution in [0.5, 0.6) is 0 Å². The lowest BCUT2D eigenvalue weighted by Gasteiger charge is -2.24. The molecule has 36 heavy (non-hydrogen) atoms. The highest BCUT2D eigenvalue weighted by Crippen LogP contribution is 2.29. The first kappa shape index (κ1) is 24.3. The molecule has 0 spiro atoms. The molecule has 1 aliphatic heterocycles. The molecule has 4 rings (SSSR count). The number of nitro groups is 1. The van der Waals surface area contributed by atoms with E-state index >= 15 is 0 Å². The molecule has 10 nitrogen and oxygen atoms in total. The first-order chi connectivity index (χ1) is 17.2. The van der Waals surface area contributed by atoms with E-state index < -0.39 is 40.8 Å². The Balaban J connectivity index is 1.59. The first-order valence-electron chi connectivity index (χ1n) is 11.0. The number of nitrogens with zero attached hydrogens (tertiary/aromatic N) is 2. The minimum Gasteiger partial charge on any atom is -0.446 e. The van der Waals surface area contributed by atoms with Crippen molar-refractivity contribution in [2.24, 2.45) is 0 Å². The summed E-state index contributed by atoms with van der Waals surface area (Å²) in [5, 5.41) is 13.9. The lowest BCUT2D eigenvalue weighted by molar-refractivity contribution is -0.384. The van der Waals surface area contributed by atoms with Crippen LogP contribution in [-0.2, 0) is 14.3 Å². The van der Waals surface area contributed by atoms with Crippen LogP contribution in [0.1, 0.15) is 44.9 Å². The van der Waals surface area contributed by atoms with Gasteiger partial charge >= 0.3 is 5.97 Å². The second-order valence-electron chi connectivity index (χ2n) is 8.20. The molecule has 3 amide bonds. The minimum absolute atomic E-state index is 0.0685. The third-order valence-electron chi connectivity index (χ3n) is 5.74. The van der Waals surface area contributed by atoms with Gasteiger partial charge in [-0.05, 0) is 37.6 Å². The summed E-state index contributed by atoms with van der Waals surface area (Å²) < 4.78 is 5.50. The zero-order valence-electron chi connectivity index (χ0n) is 19.3. The van der Waals surface area contributed by atoms with E-state index in [-0.39, 0.29) is 22.5 Å². The number of benzene rings is 3. The predicted molar refractivity (Wildman–Crippen MR) is 128 cm³/mol. The van der Waals surface area contributed by atoms with Crippen LogP contribution in [-0.4, -0.2) is 39.6 Å². The fraction of sp³-hybridized carbons (Fsp3) is 0.154. The van der Waals surface area contributed by atoms with Gasteiger partial charge in [0.25, 0.3) is 23.4 Å². The highest BCUT2D eigenvalue weighted by atomic mass is 16.6. The largest absolute Gasteiger partial charge is 0.446 e. The smallest absolute Gasteiger partial charge is 0.330 e. The first-order valence-corrected chi connectivity index (χ1v) is 11.0. The van der Waals surface area contributed by atoms with E-state index in [9.17, 15) is 29.3 Å². The van der Waals surface area contributed by atoms with E-state index in [0.717, 1.165) is 4.90 Å². The topological polar surface area (TPSA) is 136 Å². The van der Waals surface area contributed by atoms with Crippen molar-refractivity contribution in [2.45, 2.75) is 26.0 Å². The molecule has 3 aromatic rings. The van der Waals surface area contributed by atoms with E-state index in [1.54, 1.807) is 55.5 Å². The highest BCUT2D eigenvalue weighted by molar-refractivity contribution is 6.22. The summed E-state index contributed by atoms with van der Waals surface area (Å²) in [5.74, 6) is -3.12. The molecule has 0 aliphatic carbocycles. The van der Waals surface area contributed by atoms with Crippen molar-refractivity contribution in [3.05, 3.63) is 105 Å². The highest BCUT2D eigenvalue weighted by Gasteiger charge is 2.42. The Kier molecular flexibility index (Phi) is 6.60. The van der Waals surface area contributed by atoms with Gasteiger partial charge in [-0.3, -0.25) is 29.4 Å². The van der Waals surface area contributed by atoms with Gasteiger partial charge in [0.05, 0.1) is 16.1 Å². The Morgan fingerprint density at radius 3 is 2.11 bits per heavy atom. The number of amides is 3. The molecule has 0 aromatic heterocycles. The van der Waals surface area contributed by atoms with Gasteiger partial charge < -0.3 is 10.1 Å². The monoisotopic (exact) mass is 487 g/mol. The molecule has 3 aromatic carbocycles. The molecular weight excluding hydrogens is 466 g/mol. The number of rotatable bonds is 7. The third kappa shape index (κ3) is 4.56. The zero-order valence-corrected chi connectivity index (χ0v) is 19.3. The van der Waals surface area contributed by atoms with Crippen LogP contribution in [0.2, 0.25) is 0 Å². The van der Waals surface area contributed by atoms with Crippen LogP contribution >= 0.6 is 0 Å². The molecule has 0 radical (unpaired) electrons. The molecule has 182 valence electrons. The number of ether oxygens (including phenoxy) is 1. The van der Waals surface area contributed by atoms with Crippen LogP contribution in [0.15, 0.2) is 72.8 Å². The molecule has 0 saturated carbocycles. The number of anilines is 1. The molecule has 1 heterocycles. The van der Waals surface area contributed by atoms with Gasteiger partial charge in [-0.25, -0.2) is 4.79 Å². The summed E-state index contributed by atoms with van der Waals surface area (Å²) in [4.78, 5) is 63.4. The van der Waals surface area contributed by atoms with E-state index in [2.05, 4.69) is 5.32 Å². The van der Waals surface area contributed by atoms with Gasteiger partial charge in [0.2, 0.25) is 6.10 Å². The van der Waals surface area contributed by atoms with Gasteiger partial charge in [-0.1, -0.05) is 48.5 Å². The van der Waals surface area contributed by atoms with Crippen molar-refractivity contribution in [2.75, 3.05) is 5.32 Å². The summed E-state index contributed by atoms with van der Waals surface area (Å²) in [7, 11) is 0. The van der Waals surface area contributed by atoms with E-state index in [1.165, 1.54) is 31.2 Å². The SMILES string of the molecule is Cc1ccc(NC(=O)C(OC(=O)C(C)N2C(=O)c3ccccc3C2=O)c2ccccc2)c([N+](=O)[O-])c1. The van der Waals surface area contributed by atoms with Gasteiger partial charge in [-0.15, -0.1) is 0 Å². The second kappa shape index (κ2) is 9.79. The van der Waals surface area contributed by atoms with Crippen molar-refractivity contribution in [3.63, 3.8) is 0 Å². The maximum atomic E-state index is 13.2. The molecule has 10 heteroatoms. The number of nitro benzene ring substituents is 1. The van der Waals surface area contributed by atoms with Crippen LogP contribution < -0.4 is 5.32 Å². The number of aryl methyl sites for hydroxylation is 1. The number of fused-ring (bicyclic) bond motifs is 1. The van der Waals surface area contributed by atoms with Crippen LogP contribution in [0, 0.1) is 17.0 Å². The molecule has 2 atom stereocenters. The Bertz CT molecular complexity index is 1350. The van der Waals surface area contributed by atoms with E-state index in [0.29, 0.717) is 11.1 Å². The molecule has 2 unspecified atom stereocenters. The van der Waals surface area contributed by atoms with Crippen LogP contribution in [0.25, 0.3) is 0 Å². The normalized spacial score (nSPS) is 14.1. The lowest BCUT2D eigenvalue weighted by Crippen LogP contribution is -2.44. The fourth-order valence-corrected chi connectivity index (χ4v) is 3.88. The number of imide groups is 1. The lowest BCUT2D eigenvalue weighted by atomic mass is 10.1. The van der Waals surface area contributed by atoms with Gasteiger partial charge in [0, 0.05) is 11.6 Å². The number of carbonyl (C=O) groups is 4. The van der Waals surface area contributed by atoms with Gasteiger partial charge in [-0.2, -0.15) is 0 Å². The van der Waals surface area contributed by atoms with Crippen molar-refractivity contribution in [3.8, 4) is 0 Å². The number of hydrogen-bond donors (Lipinski definition) is 1. The average Bonchev–Trinajstić information content (AvgIpc) is 3.13. The maximum Gasteiger partial charge on any atom is 0.330 e. The summed E-state index contributed by atoms with van der Waals surface area (Å²) in [6.45, 7) is 3.00. The van der Waals surface area contributed by atoms with Crippen molar-refractivity contribution < 1.29 is 28.8 Å². The van der Waals surface area contributed by atoms with E-state index in [4.69, 9.17) is 4.74 Å². The van der Waals surface area contributed by atoms with Crippen molar-refractivity contribution >= 4 is 35.1 Å². The van der Waals surface area contributed by atoms with Crippen LogP contribution in [0.4, 0.5) is 11.4 Å². The number of esters is 1. The van der Waals surface area contributed by atoms with Crippen molar-refractivity contribution in [1.82, 2.24) is 4.90 Å². The fourth-order valence-electron chi connectivity index (χ4n) is 3.88. The summed E-state index contributed by atoms with van der Waals surface area (Å²) in [6, 6.07) is 17.2. The number of nitrogens with one attached hydrogen (secondary N) is 1.